The molecule has 9 heteroatoms. The summed E-state index contributed by atoms with van der Waals surface area (Å²) in [6.45, 7) is 2.48. The molecule has 1 amide bonds. The van der Waals surface area contributed by atoms with Crippen LogP contribution in [0.15, 0.2) is 58.2 Å². The van der Waals surface area contributed by atoms with E-state index in [-0.39, 0.29) is 18.3 Å². The minimum atomic E-state index is -0.473. The van der Waals surface area contributed by atoms with Gasteiger partial charge in [-0.1, -0.05) is 23.9 Å². The Morgan fingerprint density at radius 3 is 2.65 bits per heavy atom. The first kappa shape index (κ1) is 19.7. The Labute approximate surface area is 183 Å². The summed E-state index contributed by atoms with van der Waals surface area (Å²) in [5, 5.41) is 11.3. The molecule has 160 valence electrons. The number of fused-ring (bicyclic) bond motifs is 1. The Bertz CT molecular complexity index is 1050. The van der Waals surface area contributed by atoms with Gasteiger partial charge in [0, 0.05) is 24.5 Å². The number of aromatic nitrogens is 2. The van der Waals surface area contributed by atoms with Crippen molar-refractivity contribution in [2.75, 3.05) is 35.7 Å². The molecule has 5 rings (SSSR count). The molecule has 1 atom stereocenters. The number of carbonyl (C=O) groups excluding carboxylic acids is 1. The van der Waals surface area contributed by atoms with E-state index in [0.29, 0.717) is 22.6 Å². The first-order chi connectivity index (χ1) is 15.2. The van der Waals surface area contributed by atoms with Gasteiger partial charge in [-0.15, -0.1) is 10.2 Å². The molecular formula is C22H22N4O4S. The van der Waals surface area contributed by atoms with Gasteiger partial charge in [-0.2, -0.15) is 0 Å². The lowest BCUT2D eigenvalue weighted by atomic mass is 10.2. The van der Waals surface area contributed by atoms with Crippen molar-refractivity contribution in [2.24, 2.45) is 0 Å². The molecule has 8 nitrogen and oxygen atoms in total. The summed E-state index contributed by atoms with van der Waals surface area (Å²) in [6.07, 6.45) is 2.00. The molecule has 0 spiro atoms. The highest BCUT2D eigenvalue weighted by Crippen LogP contribution is 2.36. The highest BCUT2D eigenvalue weighted by atomic mass is 32.2. The number of hydrogen-bond donors (Lipinski definition) is 1. The minimum absolute atomic E-state index is 0.134. The zero-order chi connectivity index (χ0) is 21.0. The summed E-state index contributed by atoms with van der Waals surface area (Å²) < 4.78 is 17.2. The number of amides is 1. The second kappa shape index (κ2) is 8.89. The monoisotopic (exact) mass is 438 g/mol. The van der Waals surface area contributed by atoms with Gasteiger partial charge in [0.1, 0.15) is 6.61 Å². The van der Waals surface area contributed by atoms with Crippen LogP contribution in [-0.4, -0.2) is 41.6 Å². The second-order valence-electron chi connectivity index (χ2n) is 7.35. The molecule has 1 saturated heterocycles. The average molecular weight is 439 g/mol. The van der Waals surface area contributed by atoms with Crippen LogP contribution in [-0.2, 0) is 4.79 Å². The number of anilines is 2. The van der Waals surface area contributed by atoms with E-state index in [0.717, 1.165) is 18.8 Å². The minimum Gasteiger partial charge on any atom is -0.485 e. The zero-order valence-electron chi connectivity index (χ0n) is 16.8. The number of para-hydroxylation sites is 2. The van der Waals surface area contributed by atoms with Crippen molar-refractivity contribution in [3.8, 4) is 11.5 Å². The quantitative estimate of drug-likeness (QED) is 0.580. The third kappa shape index (κ3) is 4.61. The maximum atomic E-state index is 12.3. The summed E-state index contributed by atoms with van der Waals surface area (Å²) in [7, 11) is 0. The van der Waals surface area contributed by atoms with E-state index < -0.39 is 6.10 Å². The van der Waals surface area contributed by atoms with Crippen molar-refractivity contribution >= 4 is 29.0 Å². The van der Waals surface area contributed by atoms with Crippen LogP contribution in [0.3, 0.4) is 0 Å². The maximum Gasteiger partial charge on any atom is 0.277 e. The standard InChI is InChI=1S/C22H22N4O4S/c27-20(23-15-7-9-16(10-8-15)26-11-3-4-12-26)14-31-22-25-24-21(30-22)19-13-28-17-5-1-2-6-18(17)29-19/h1-2,5-10,19H,3-4,11-14H2,(H,23,27)/t19-/m1/s1. The van der Waals surface area contributed by atoms with Crippen LogP contribution >= 0.6 is 11.8 Å². The lowest BCUT2D eigenvalue weighted by Crippen LogP contribution is -2.21. The fourth-order valence-corrected chi connectivity index (χ4v) is 4.17. The molecule has 1 aromatic heterocycles. The normalized spacial score (nSPS) is 17.5. The van der Waals surface area contributed by atoms with Crippen LogP contribution in [0.1, 0.15) is 24.8 Å². The fraction of sp³-hybridized carbons (Fsp3) is 0.318. The highest BCUT2D eigenvalue weighted by molar-refractivity contribution is 7.99. The SMILES string of the molecule is O=C(CSc1nnc([C@H]2COc3ccccc3O2)o1)Nc1ccc(N2CCCC2)cc1. The van der Waals surface area contributed by atoms with Crippen LogP contribution in [0.4, 0.5) is 11.4 Å². The van der Waals surface area contributed by atoms with Gasteiger partial charge in [-0.25, -0.2) is 0 Å². The number of thioether (sulfide) groups is 1. The smallest absolute Gasteiger partial charge is 0.277 e. The van der Waals surface area contributed by atoms with Gasteiger partial charge >= 0.3 is 0 Å². The highest BCUT2D eigenvalue weighted by Gasteiger charge is 2.27. The summed E-state index contributed by atoms with van der Waals surface area (Å²) in [6, 6.07) is 15.4. The van der Waals surface area contributed by atoms with Gasteiger partial charge in [0.2, 0.25) is 12.0 Å². The van der Waals surface area contributed by atoms with Gasteiger partial charge in [0.05, 0.1) is 5.75 Å². The van der Waals surface area contributed by atoms with Crippen LogP contribution in [0.2, 0.25) is 0 Å². The maximum absolute atomic E-state index is 12.3. The summed E-state index contributed by atoms with van der Waals surface area (Å²) in [5.74, 6) is 1.69. The van der Waals surface area contributed by atoms with E-state index in [4.69, 9.17) is 13.9 Å². The van der Waals surface area contributed by atoms with Crippen molar-refractivity contribution < 1.29 is 18.7 Å². The van der Waals surface area contributed by atoms with E-state index >= 15 is 0 Å². The van der Waals surface area contributed by atoms with Crippen LogP contribution in [0, 0.1) is 0 Å². The summed E-state index contributed by atoms with van der Waals surface area (Å²) in [4.78, 5) is 14.7. The first-order valence-electron chi connectivity index (χ1n) is 10.2. The largest absolute Gasteiger partial charge is 0.485 e. The van der Waals surface area contributed by atoms with Crippen molar-refractivity contribution in [3.63, 3.8) is 0 Å². The van der Waals surface area contributed by atoms with E-state index in [1.54, 1.807) is 0 Å². The van der Waals surface area contributed by atoms with E-state index in [2.05, 4.69) is 20.4 Å². The van der Waals surface area contributed by atoms with Gasteiger partial charge in [-0.3, -0.25) is 4.79 Å². The molecule has 0 radical (unpaired) electrons. The van der Waals surface area contributed by atoms with E-state index in [9.17, 15) is 4.79 Å². The molecule has 2 aromatic carbocycles. The van der Waals surface area contributed by atoms with Gasteiger partial charge in [0.25, 0.3) is 11.1 Å². The number of hydrogen-bond acceptors (Lipinski definition) is 8. The van der Waals surface area contributed by atoms with Gasteiger partial charge in [-0.05, 0) is 49.2 Å². The lowest BCUT2D eigenvalue weighted by Gasteiger charge is -2.23. The molecule has 3 heterocycles. The fourth-order valence-electron chi connectivity index (χ4n) is 3.61. The predicted molar refractivity (Wildman–Crippen MR) is 117 cm³/mol. The van der Waals surface area contributed by atoms with Crippen molar-refractivity contribution in [1.29, 1.82) is 0 Å². The lowest BCUT2D eigenvalue weighted by molar-refractivity contribution is -0.113. The molecule has 0 unspecified atom stereocenters. The molecule has 31 heavy (non-hydrogen) atoms. The third-order valence-electron chi connectivity index (χ3n) is 5.16. The number of carbonyl (C=O) groups is 1. The number of nitrogens with one attached hydrogen (secondary N) is 1. The van der Waals surface area contributed by atoms with Crippen LogP contribution in [0.5, 0.6) is 11.5 Å². The van der Waals surface area contributed by atoms with E-state index in [1.807, 2.05) is 48.5 Å². The van der Waals surface area contributed by atoms with Crippen LogP contribution in [0.25, 0.3) is 0 Å². The third-order valence-corrected chi connectivity index (χ3v) is 5.97. The number of benzene rings is 2. The molecule has 2 aliphatic heterocycles. The Hall–Kier alpha value is -3.20. The van der Waals surface area contributed by atoms with Crippen molar-refractivity contribution in [3.05, 3.63) is 54.4 Å². The molecule has 1 N–H and O–H groups in total. The number of rotatable bonds is 6. The molecule has 1 fully saturated rings. The number of nitrogens with zero attached hydrogens (tertiary/aromatic N) is 3. The summed E-state index contributed by atoms with van der Waals surface area (Å²) in [5.41, 5.74) is 1.96. The van der Waals surface area contributed by atoms with Crippen molar-refractivity contribution in [2.45, 2.75) is 24.2 Å². The predicted octanol–water partition coefficient (Wildman–Crippen LogP) is 3.91. The molecule has 2 aliphatic rings. The topological polar surface area (TPSA) is 89.7 Å². The second-order valence-corrected chi connectivity index (χ2v) is 8.27. The van der Waals surface area contributed by atoms with Gasteiger partial charge in [0.15, 0.2) is 11.5 Å². The van der Waals surface area contributed by atoms with E-state index in [1.165, 1.54) is 30.3 Å². The Kier molecular flexibility index (Phi) is 5.66. The Morgan fingerprint density at radius 2 is 1.84 bits per heavy atom. The number of ether oxygens (including phenoxy) is 2. The Balaban J connectivity index is 1.12. The molecular weight excluding hydrogens is 416 g/mol. The van der Waals surface area contributed by atoms with Crippen LogP contribution < -0.4 is 19.7 Å². The zero-order valence-corrected chi connectivity index (χ0v) is 17.6. The first-order valence-corrected chi connectivity index (χ1v) is 11.2. The molecule has 3 aromatic rings. The summed E-state index contributed by atoms with van der Waals surface area (Å²) >= 11 is 1.18. The molecule has 0 saturated carbocycles. The molecule has 0 bridgehead atoms. The Morgan fingerprint density at radius 1 is 1.06 bits per heavy atom. The van der Waals surface area contributed by atoms with Gasteiger partial charge < -0.3 is 24.1 Å². The van der Waals surface area contributed by atoms with Crippen molar-refractivity contribution in [1.82, 2.24) is 10.2 Å². The average Bonchev–Trinajstić information content (AvgIpc) is 3.50. The molecule has 0 aliphatic carbocycles.